The summed E-state index contributed by atoms with van der Waals surface area (Å²) in [4.78, 5) is 57.0. The molecule has 1 aromatic rings. The molecule has 0 aliphatic carbocycles. The summed E-state index contributed by atoms with van der Waals surface area (Å²) < 4.78 is 22.8. The van der Waals surface area contributed by atoms with Gasteiger partial charge < -0.3 is 21.7 Å². The van der Waals surface area contributed by atoms with E-state index in [2.05, 4.69) is 37.8 Å². The molecule has 4 amide bonds. The minimum Gasteiger partial charge on any atom is -0.352 e. The minimum absolute atomic E-state index is 0.137. The number of sulfone groups is 1. The van der Waals surface area contributed by atoms with Crippen LogP contribution in [0.4, 0.5) is 4.79 Å². The zero-order chi connectivity index (χ0) is 29.8. The number of ketones is 1. The number of nitrogens with one attached hydrogen (secondary N) is 3. The van der Waals surface area contributed by atoms with Crippen LogP contribution in [0.25, 0.3) is 0 Å². The predicted octanol–water partition coefficient (Wildman–Crippen LogP) is 1.09. The Bertz CT molecular complexity index is 1180. The van der Waals surface area contributed by atoms with Crippen LogP contribution in [0.5, 0.6) is 0 Å². The third kappa shape index (κ3) is 12.7. The zero-order valence-electron chi connectivity index (χ0n) is 23.5. The van der Waals surface area contributed by atoms with E-state index in [0.29, 0.717) is 31.2 Å². The van der Waals surface area contributed by atoms with Gasteiger partial charge in [-0.3, -0.25) is 14.4 Å². The van der Waals surface area contributed by atoms with Crippen molar-refractivity contribution in [1.29, 1.82) is 0 Å². The SMILES string of the molecule is CC(C)[C@H](NC(=O)CCCC#Cc1cnc(S(C)(=O)=O)nc1)C(=O)N[C@@H](CCCNC(N)=O)C(=O)C(C)(C)C. The van der Waals surface area contributed by atoms with E-state index in [0.717, 1.165) is 6.26 Å². The highest BCUT2D eigenvalue weighted by Crippen LogP contribution is 2.19. The summed E-state index contributed by atoms with van der Waals surface area (Å²) in [6.45, 7) is 9.15. The van der Waals surface area contributed by atoms with Crippen molar-refractivity contribution < 1.29 is 27.6 Å². The molecule has 1 heterocycles. The normalized spacial score (nSPS) is 13.0. The molecule has 0 fully saturated rings. The van der Waals surface area contributed by atoms with E-state index >= 15 is 0 Å². The molecular formula is C26H40N6O6S. The summed E-state index contributed by atoms with van der Waals surface area (Å²) in [5.74, 6) is 4.54. The molecule has 0 spiro atoms. The monoisotopic (exact) mass is 564 g/mol. The minimum atomic E-state index is -3.48. The molecule has 0 saturated carbocycles. The molecule has 0 bridgehead atoms. The van der Waals surface area contributed by atoms with Crippen molar-refractivity contribution in [3.8, 4) is 11.8 Å². The fraction of sp³-hybridized carbons (Fsp3) is 0.615. The fourth-order valence-electron chi connectivity index (χ4n) is 3.43. The lowest BCUT2D eigenvalue weighted by molar-refractivity contribution is -0.135. The molecule has 0 aliphatic heterocycles. The zero-order valence-corrected chi connectivity index (χ0v) is 24.3. The number of Topliss-reactive ketones (excluding diaryl/α,β-unsaturated/α-hetero) is 1. The smallest absolute Gasteiger partial charge is 0.312 e. The first-order valence-electron chi connectivity index (χ1n) is 12.7. The van der Waals surface area contributed by atoms with Gasteiger partial charge in [-0.05, 0) is 25.2 Å². The summed E-state index contributed by atoms with van der Waals surface area (Å²) >= 11 is 0. The molecule has 39 heavy (non-hydrogen) atoms. The maximum absolute atomic E-state index is 13.1. The second-order valence-electron chi connectivity index (χ2n) is 10.6. The third-order valence-corrected chi connectivity index (χ3v) is 6.38. The van der Waals surface area contributed by atoms with Gasteiger partial charge in [0.25, 0.3) is 0 Å². The molecule has 0 unspecified atom stereocenters. The van der Waals surface area contributed by atoms with Crippen molar-refractivity contribution >= 4 is 33.5 Å². The lowest BCUT2D eigenvalue weighted by Gasteiger charge is -2.28. The molecule has 1 aromatic heterocycles. The molecule has 12 nitrogen and oxygen atoms in total. The van der Waals surface area contributed by atoms with Gasteiger partial charge in [0.15, 0.2) is 5.78 Å². The van der Waals surface area contributed by atoms with Crippen LogP contribution in [0.3, 0.4) is 0 Å². The Kier molecular flexibility index (Phi) is 13.0. The van der Waals surface area contributed by atoms with Gasteiger partial charge in [-0.15, -0.1) is 0 Å². The number of rotatable bonds is 13. The van der Waals surface area contributed by atoms with E-state index in [4.69, 9.17) is 5.73 Å². The van der Waals surface area contributed by atoms with Gasteiger partial charge in [-0.1, -0.05) is 46.5 Å². The number of hydrogen-bond acceptors (Lipinski definition) is 8. The Balaban J connectivity index is 2.69. The van der Waals surface area contributed by atoms with Gasteiger partial charge in [0.05, 0.1) is 11.6 Å². The van der Waals surface area contributed by atoms with Gasteiger partial charge in [-0.2, -0.15) is 0 Å². The second kappa shape index (κ2) is 15.2. The fourth-order valence-corrected chi connectivity index (χ4v) is 3.91. The van der Waals surface area contributed by atoms with Crippen LogP contribution in [0, 0.1) is 23.2 Å². The quantitative estimate of drug-likeness (QED) is 0.155. The van der Waals surface area contributed by atoms with Gasteiger partial charge in [0.1, 0.15) is 6.04 Å². The first-order valence-corrected chi connectivity index (χ1v) is 14.6. The van der Waals surface area contributed by atoms with Crippen molar-refractivity contribution in [3.63, 3.8) is 0 Å². The van der Waals surface area contributed by atoms with Gasteiger partial charge in [0.2, 0.25) is 26.8 Å². The van der Waals surface area contributed by atoms with Crippen molar-refractivity contribution in [3.05, 3.63) is 18.0 Å². The lowest BCUT2D eigenvalue weighted by Crippen LogP contribution is -2.55. The molecule has 5 N–H and O–H groups in total. The molecule has 0 saturated heterocycles. The highest BCUT2D eigenvalue weighted by atomic mass is 32.2. The van der Waals surface area contributed by atoms with Crippen molar-refractivity contribution in [2.24, 2.45) is 17.1 Å². The van der Waals surface area contributed by atoms with E-state index in [1.54, 1.807) is 34.6 Å². The largest absolute Gasteiger partial charge is 0.352 e. The van der Waals surface area contributed by atoms with Crippen LogP contribution >= 0.6 is 0 Å². The maximum atomic E-state index is 13.1. The maximum Gasteiger partial charge on any atom is 0.312 e. The Labute approximate surface area is 230 Å². The molecule has 13 heteroatoms. The first-order chi connectivity index (χ1) is 18.0. The molecule has 216 valence electrons. The summed E-state index contributed by atoms with van der Waals surface area (Å²) in [6, 6.07) is -2.28. The van der Waals surface area contributed by atoms with Crippen LogP contribution in [0.1, 0.15) is 72.3 Å². The van der Waals surface area contributed by atoms with E-state index in [1.807, 2.05) is 0 Å². The average molecular weight is 565 g/mol. The Hall–Kier alpha value is -3.53. The average Bonchev–Trinajstić information content (AvgIpc) is 2.82. The van der Waals surface area contributed by atoms with E-state index in [-0.39, 0.29) is 35.7 Å². The molecule has 2 atom stereocenters. The Morgan fingerprint density at radius 3 is 2.18 bits per heavy atom. The number of nitrogens with zero attached hydrogens (tertiary/aromatic N) is 2. The van der Waals surface area contributed by atoms with E-state index < -0.39 is 39.3 Å². The predicted molar refractivity (Wildman–Crippen MR) is 146 cm³/mol. The third-order valence-electron chi connectivity index (χ3n) is 5.50. The van der Waals surface area contributed by atoms with E-state index in [9.17, 15) is 27.6 Å². The van der Waals surface area contributed by atoms with Crippen LogP contribution in [-0.4, -0.2) is 66.9 Å². The molecular weight excluding hydrogens is 524 g/mol. The lowest BCUT2D eigenvalue weighted by atomic mass is 9.84. The number of hydrogen-bond donors (Lipinski definition) is 4. The van der Waals surface area contributed by atoms with Gasteiger partial charge in [-0.25, -0.2) is 23.2 Å². The van der Waals surface area contributed by atoms with Crippen molar-refractivity contribution in [2.75, 3.05) is 12.8 Å². The number of carbonyl (C=O) groups is 4. The van der Waals surface area contributed by atoms with E-state index in [1.165, 1.54) is 12.4 Å². The topological polar surface area (TPSA) is 190 Å². The molecule has 0 aromatic carbocycles. The highest BCUT2D eigenvalue weighted by Gasteiger charge is 2.33. The number of urea groups is 1. The number of aromatic nitrogens is 2. The first kappa shape index (κ1) is 33.5. The standard InChI is InChI=1S/C26H40N6O6S/c1-17(2)21(23(35)31-19(22(34)26(3,4)5)12-10-14-28-24(27)36)32-20(33)13-9-7-8-11-18-15-29-25(30-16-18)39(6,37)38/h15-17,19,21H,7,9-10,12-14H2,1-6H3,(H,31,35)(H,32,33)(H3,27,28,36)/t19-,21-/m0/s1. The highest BCUT2D eigenvalue weighted by molar-refractivity contribution is 7.90. The van der Waals surface area contributed by atoms with Crippen LogP contribution < -0.4 is 21.7 Å². The molecule has 1 rings (SSSR count). The summed E-state index contributed by atoms with van der Waals surface area (Å²) in [6.07, 6.45) is 5.36. The number of amides is 4. The van der Waals surface area contributed by atoms with Crippen LogP contribution in [-0.2, 0) is 24.2 Å². The Morgan fingerprint density at radius 1 is 1.05 bits per heavy atom. The van der Waals surface area contributed by atoms with Crippen LogP contribution in [0.15, 0.2) is 17.6 Å². The van der Waals surface area contributed by atoms with Crippen molar-refractivity contribution in [1.82, 2.24) is 25.9 Å². The number of carbonyl (C=O) groups excluding carboxylic acids is 4. The van der Waals surface area contributed by atoms with Crippen molar-refractivity contribution in [2.45, 2.75) is 84.0 Å². The van der Waals surface area contributed by atoms with Crippen LogP contribution in [0.2, 0.25) is 0 Å². The summed E-state index contributed by atoms with van der Waals surface area (Å²) in [5.41, 5.74) is 4.83. The summed E-state index contributed by atoms with van der Waals surface area (Å²) in [7, 11) is -3.48. The number of primary amides is 1. The van der Waals surface area contributed by atoms with Gasteiger partial charge in [0, 0.05) is 43.5 Å². The van der Waals surface area contributed by atoms with Gasteiger partial charge >= 0.3 is 6.03 Å². The second-order valence-corrected chi connectivity index (χ2v) is 12.5. The Morgan fingerprint density at radius 2 is 1.67 bits per heavy atom. The molecule has 0 aliphatic rings. The summed E-state index contributed by atoms with van der Waals surface area (Å²) in [5, 5.41) is 7.73. The number of nitrogens with two attached hydrogens (primary N) is 1. The molecule has 0 radical (unpaired) electrons. The number of unbranched alkanes of at least 4 members (excludes halogenated alkanes) is 1.